The van der Waals surface area contributed by atoms with E-state index in [9.17, 15) is 13.2 Å². The van der Waals surface area contributed by atoms with Gasteiger partial charge in [0.25, 0.3) is 0 Å². The Morgan fingerprint density at radius 3 is 2.15 bits per heavy atom. The maximum Gasteiger partial charge on any atom is 0.235 e. The van der Waals surface area contributed by atoms with Crippen molar-refractivity contribution in [3.63, 3.8) is 0 Å². The standard InChI is InChI=1S/C14H22N2O3S/c1-4-16(5-2)14(17)11-12-20(18,19)15(3)13-9-7-6-8-10-13/h6-10H,4-5,11-12H2,1-3H3. The molecule has 0 aliphatic heterocycles. The number of hydrogen-bond donors (Lipinski definition) is 0. The molecule has 1 amide bonds. The molecule has 112 valence electrons. The molecule has 5 nitrogen and oxygen atoms in total. The number of carbonyl (C=O) groups is 1. The highest BCUT2D eigenvalue weighted by molar-refractivity contribution is 7.92. The first kappa shape index (κ1) is 16.5. The molecular formula is C14H22N2O3S. The summed E-state index contributed by atoms with van der Waals surface area (Å²) in [5, 5.41) is 0. The van der Waals surface area contributed by atoms with Crippen molar-refractivity contribution in [1.29, 1.82) is 0 Å². The predicted molar refractivity (Wildman–Crippen MR) is 81.2 cm³/mol. The first-order valence-electron chi connectivity index (χ1n) is 6.71. The molecule has 0 spiro atoms. The second kappa shape index (κ2) is 7.28. The third-order valence-corrected chi connectivity index (χ3v) is 4.99. The Bertz CT molecular complexity index is 525. The van der Waals surface area contributed by atoms with Gasteiger partial charge in [0.2, 0.25) is 15.9 Å². The van der Waals surface area contributed by atoms with Gasteiger partial charge in [0.15, 0.2) is 0 Å². The fraction of sp³-hybridized carbons (Fsp3) is 0.500. The average Bonchev–Trinajstić information content (AvgIpc) is 2.46. The molecule has 0 radical (unpaired) electrons. The lowest BCUT2D eigenvalue weighted by atomic mass is 10.3. The molecule has 0 N–H and O–H groups in total. The Kier molecular flexibility index (Phi) is 6.01. The molecule has 0 atom stereocenters. The molecule has 20 heavy (non-hydrogen) atoms. The minimum absolute atomic E-state index is 0.0151. The largest absolute Gasteiger partial charge is 0.343 e. The summed E-state index contributed by atoms with van der Waals surface area (Å²) in [6.07, 6.45) is 0.0151. The zero-order chi connectivity index (χ0) is 15.2. The highest BCUT2D eigenvalue weighted by Crippen LogP contribution is 2.16. The van der Waals surface area contributed by atoms with E-state index in [2.05, 4.69) is 0 Å². The number of para-hydroxylation sites is 1. The Morgan fingerprint density at radius 1 is 1.10 bits per heavy atom. The van der Waals surface area contributed by atoms with Crippen molar-refractivity contribution in [3.05, 3.63) is 30.3 Å². The van der Waals surface area contributed by atoms with E-state index in [1.54, 1.807) is 29.2 Å². The maximum atomic E-state index is 12.2. The Hall–Kier alpha value is -1.56. The van der Waals surface area contributed by atoms with E-state index in [0.717, 1.165) is 0 Å². The molecule has 0 unspecified atom stereocenters. The van der Waals surface area contributed by atoms with Crippen molar-refractivity contribution < 1.29 is 13.2 Å². The predicted octanol–water partition coefficient (Wildman–Crippen LogP) is 1.71. The van der Waals surface area contributed by atoms with Crippen molar-refractivity contribution in [3.8, 4) is 0 Å². The summed E-state index contributed by atoms with van der Waals surface area (Å²) in [5.74, 6) is -0.298. The zero-order valence-electron chi connectivity index (χ0n) is 12.2. The maximum absolute atomic E-state index is 12.2. The van der Waals surface area contributed by atoms with Crippen LogP contribution in [0, 0.1) is 0 Å². The third kappa shape index (κ3) is 4.23. The van der Waals surface area contributed by atoms with Crippen LogP contribution in [0.1, 0.15) is 20.3 Å². The van der Waals surface area contributed by atoms with Crippen LogP contribution < -0.4 is 4.31 Å². The minimum atomic E-state index is -3.47. The van der Waals surface area contributed by atoms with Gasteiger partial charge in [-0.15, -0.1) is 0 Å². The summed E-state index contributed by atoms with van der Waals surface area (Å²) in [7, 11) is -1.97. The first-order valence-corrected chi connectivity index (χ1v) is 8.32. The van der Waals surface area contributed by atoms with Crippen LogP contribution in [-0.2, 0) is 14.8 Å². The molecule has 0 aromatic heterocycles. The molecule has 0 aliphatic rings. The van der Waals surface area contributed by atoms with Gasteiger partial charge in [-0.25, -0.2) is 8.42 Å². The number of benzene rings is 1. The number of sulfonamides is 1. The molecule has 1 rings (SSSR count). The van der Waals surface area contributed by atoms with Gasteiger partial charge in [-0.2, -0.15) is 0 Å². The Labute approximate surface area is 121 Å². The van der Waals surface area contributed by atoms with Crippen LogP contribution in [0.25, 0.3) is 0 Å². The molecule has 1 aromatic carbocycles. The van der Waals surface area contributed by atoms with Crippen molar-refractivity contribution in [2.75, 3.05) is 30.2 Å². The molecule has 0 aliphatic carbocycles. The van der Waals surface area contributed by atoms with Gasteiger partial charge >= 0.3 is 0 Å². The van der Waals surface area contributed by atoms with Crippen LogP contribution in [0.2, 0.25) is 0 Å². The van der Waals surface area contributed by atoms with E-state index in [1.807, 2.05) is 19.9 Å². The fourth-order valence-corrected chi connectivity index (χ4v) is 3.04. The lowest BCUT2D eigenvalue weighted by Gasteiger charge is -2.21. The lowest BCUT2D eigenvalue weighted by Crippen LogP contribution is -2.35. The lowest BCUT2D eigenvalue weighted by molar-refractivity contribution is -0.130. The number of nitrogens with zero attached hydrogens (tertiary/aromatic N) is 2. The molecule has 0 fully saturated rings. The third-order valence-electron chi connectivity index (χ3n) is 3.23. The van der Waals surface area contributed by atoms with Crippen LogP contribution in [-0.4, -0.2) is 45.1 Å². The summed E-state index contributed by atoms with van der Waals surface area (Å²) in [6.45, 7) is 4.96. The monoisotopic (exact) mass is 298 g/mol. The van der Waals surface area contributed by atoms with E-state index in [0.29, 0.717) is 18.8 Å². The van der Waals surface area contributed by atoms with E-state index in [1.165, 1.54) is 11.4 Å². The summed E-state index contributed by atoms with van der Waals surface area (Å²) < 4.78 is 25.6. The van der Waals surface area contributed by atoms with Crippen molar-refractivity contribution >= 4 is 21.6 Å². The quantitative estimate of drug-likeness (QED) is 0.770. The average molecular weight is 298 g/mol. The molecule has 0 saturated carbocycles. The van der Waals surface area contributed by atoms with Gasteiger partial charge in [0, 0.05) is 26.6 Å². The SMILES string of the molecule is CCN(CC)C(=O)CCS(=O)(=O)N(C)c1ccccc1. The van der Waals surface area contributed by atoms with Crippen LogP contribution in [0.4, 0.5) is 5.69 Å². The topological polar surface area (TPSA) is 57.7 Å². The van der Waals surface area contributed by atoms with Gasteiger partial charge in [-0.3, -0.25) is 9.10 Å². The first-order chi connectivity index (χ1) is 9.42. The molecule has 1 aromatic rings. The van der Waals surface area contributed by atoms with Crippen LogP contribution in [0.3, 0.4) is 0 Å². The van der Waals surface area contributed by atoms with E-state index >= 15 is 0 Å². The summed E-state index contributed by atoms with van der Waals surface area (Å²) in [4.78, 5) is 13.5. The molecule has 0 saturated heterocycles. The summed E-state index contributed by atoms with van der Waals surface area (Å²) in [5.41, 5.74) is 0.600. The van der Waals surface area contributed by atoms with E-state index in [4.69, 9.17) is 0 Å². The van der Waals surface area contributed by atoms with Crippen molar-refractivity contribution in [2.45, 2.75) is 20.3 Å². The van der Waals surface area contributed by atoms with Gasteiger partial charge in [0.05, 0.1) is 11.4 Å². The highest BCUT2D eigenvalue weighted by atomic mass is 32.2. The number of rotatable bonds is 7. The summed E-state index contributed by atoms with van der Waals surface area (Å²) in [6, 6.07) is 8.84. The van der Waals surface area contributed by atoms with Gasteiger partial charge in [-0.1, -0.05) is 18.2 Å². The van der Waals surface area contributed by atoms with Crippen molar-refractivity contribution in [2.24, 2.45) is 0 Å². The number of hydrogen-bond acceptors (Lipinski definition) is 3. The number of anilines is 1. The van der Waals surface area contributed by atoms with Crippen LogP contribution in [0.5, 0.6) is 0 Å². The zero-order valence-corrected chi connectivity index (χ0v) is 13.1. The number of carbonyl (C=O) groups excluding carboxylic acids is 1. The smallest absolute Gasteiger partial charge is 0.235 e. The highest BCUT2D eigenvalue weighted by Gasteiger charge is 2.21. The fourth-order valence-electron chi connectivity index (χ4n) is 1.89. The Morgan fingerprint density at radius 2 is 1.65 bits per heavy atom. The van der Waals surface area contributed by atoms with Gasteiger partial charge < -0.3 is 4.90 Å². The van der Waals surface area contributed by atoms with Crippen LogP contribution in [0.15, 0.2) is 30.3 Å². The van der Waals surface area contributed by atoms with Crippen molar-refractivity contribution in [1.82, 2.24) is 4.90 Å². The van der Waals surface area contributed by atoms with Crippen LogP contribution >= 0.6 is 0 Å². The van der Waals surface area contributed by atoms with E-state index < -0.39 is 10.0 Å². The second-order valence-electron chi connectivity index (χ2n) is 4.44. The Balaban J connectivity index is 2.69. The second-order valence-corrected chi connectivity index (χ2v) is 6.55. The molecular weight excluding hydrogens is 276 g/mol. The number of amides is 1. The normalized spacial score (nSPS) is 11.2. The van der Waals surface area contributed by atoms with Gasteiger partial charge in [-0.05, 0) is 26.0 Å². The molecule has 6 heteroatoms. The molecule has 0 bridgehead atoms. The molecule has 0 heterocycles. The van der Waals surface area contributed by atoms with Gasteiger partial charge in [0.1, 0.15) is 0 Å². The minimum Gasteiger partial charge on any atom is -0.343 e. The van der Waals surface area contributed by atoms with E-state index in [-0.39, 0.29) is 18.1 Å². The summed E-state index contributed by atoms with van der Waals surface area (Å²) >= 11 is 0.